The second kappa shape index (κ2) is 39.2. The maximum absolute atomic E-state index is 12.8. The summed E-state index contributed by atoms with van der Waals surface area (Å²) < 4.78 is 23.0. The normalized spacial score (nSPS) is 12.1. The summed E-state index contributed by atoms with van der Waals surface area (Å²) in [5.41, 5.74) is 43.2. The predicted octanol–water partition coefficient (Wildman–Crippen LogP) is 30.4. The molecule has 0 fully saturated rings. The number of hydrogen-bond acceptors (Lipinski definition) is 12. The average Bonchev–Trinajstić information content (AvgIpc) is 0.761. The summed E-state index contributed by atoms with van der Waals surface area (Å²) in [6, 6.07) is 69.6. The van der Waals surface area contributed by atoms with E-state index >= 15 is 0 Å². The number of carbonyl (C=O) groups is 2. The molecule has 698 valence electrons. The Morgan fingerprint density at radius 3 is 0.659 bits per heavy atom. The topological polar surface area (TPSA) is 192 Å². The van der Waals surface area contributed by atoms with Crippen LogP contribution in [0.15, 0.2) is 194 Å². The second-order valence-corrected chi connectivity index (χ2v) is 39.8. The fraction of sp³-hybridized carbons (Fsp3) is 0.301. The lowest BCUT2D eigenvalue weighted by Gasteiger charge is -2.27. The monoisotopic (exact) mass is 1800 g/mol. The molecule has 0 saturated carbocycles. The molecule has 14 rings (SSSR count). The van der Waals surface area contributed by atoms with E-state index in [1.165, 1.54) is 0 Å². The summed E-state index contributed by atoms with van der Waals surface area (Å²) in [6.45, 7) is 59.1. The van der Waals surface area contributed by atoms with E-state index < -0.39 is 23.3 Å². The summed E-state index contributed by atoms with van der Waals surface area (Å²) in [5.74, 6) is 2.18. The molecule has 6 N–H and O–H groups in total. The first-order valence-corrected chi connectivity index (χ1v) is 46.8. The van der Waals surface area contributed by atoms with Crippen molar-refractivity contribution in [2.24, 2.45) is 0 Å². The number of aromatic hydroxyl groups is 6. The molecule has 2 atom stereocenters. The van der Waals surface area contributed by atoms with E-state index in [2.05, 4.69) is 250 Å². The van der Waals surface area contributed by atoms with Gasteiger partial charge in [-0.05, 0) is 465 Å². The average molecular weight is 1800 g/mol. The van der Waals surface area contributed by atoms with Crippen LogP contribution in [0.2, 0.25) is 0 Å². The molecule has 0 aliphatic rings. The largest absolute Gasteiger partial charge is 0.514 e. The van der Waals surface area contributed by atoms with Crippen LogP contribution in [0.5, 0.6) is 46.0 Å². The molecule has 14 aromatic carbocycles. The Bertz CT molecular complexity index is 6840. The number of aryl methyl sites for hydroxylation is 8. The van der Waals surface area contributed by atoms with Gasteiger partial charge in [-0.25, -0.2) is 9.59 Å². The number of phenolic OH excluding ortho intramolecular Hbond substituents is 6. The van der Waals surface area contributed by atoms with Crippen LogP contribution in [-0.4, -0.2) is 60.6 Å². The van der Waals surface area contributed by atoms with Gasteiger partial charge in [0.2, 0.25) is 0 Å². The van der Waals surface area contributed by atoms with E-state index in [0.29, 0.717) is 46.0 Å². The number of benzene rings is 14. The molecule has 0 saturated heterocycles. The van der Waals surface area contributed by atoms with E-state index in [1.807, 2.05) is 152 Å². The molecule has 0 aromatic heterocycles. The zero-order chi connectivity index (χ0) is 98.6. The zero-order valence-corrected chi connectivity index (χ0v) is 84.6. The fourth-order valence-electron chi connectivity index (χ4n) is 19.7. The van der Waals surface area contributed by atoms with Gasteiger partial charge in [0.25, 0.3) is 0 Å². The minimum atomic E-state index is -0.732. The van der Waals surface area contributed by atoms with Crippen LogP contribution in [0.4, 0.5) is 4.79 Å². The van der Waals surface area contributed by atoms with Crippen molar-refractivity contribution < 1.29 is 59.2 Å². The van der Waals surface area contributed by atoms with Gasteiger partial charge in [0.1, 0.15) is 57.2 Å². The first kappa shape index (κ1) is 98.9. The van der Waals surface area contributed by atoms with Crippen molar-refractivity contribution in [1.29, 1.82) is 0 Å². The van der Waals surface area contributed by atoms with Crippen LogP contribution >= 0.6 is 0 Å². The Balaban J connectivity index is 0.000000229. The minimum Gasteiger partial charge on any atom is -0.507 e. The Hall–Kier alpha value is -13.6. The van der Waals surface area contributed by atoms with Crippen molar-refractivity contribution in [2.75, 3.05) is 6.61 Å². The maximum atomic E-state index is 12.8. The first-order chi connectivity index (χ1) is 63.5. The molecule has 0 heterocycles. The van der Waals surface area contributed by atoms with Gasteiger partial charge < -0.3 is 49.6 Å². The molecule has 0 bridgehead atoms. The fourth-order valence-corrected chi connectivity index (χ4v) is 19.7. The van der Waals surface area contributed by atoms with E-state index in [1.54, 1.807) is 0 Å². The van der Waals surface area contributed by atoms with Crippen molar-refractivity contribution in [1.82, 2.24) is 0 Å². The molecule has 14 aromatic rings. The highest BCUT2D eigenvalue weighted by Gasteiger charge is 2.33. The standard InChI is InChI=1S/C62H68O6.C61H66O6/c1-33-27-51(37(5)41(9)58(33)64)56(52-28-34(2)59(65)42(10)38(52)6)47-23-19-45(20-24-47)49-17-16-18-50(31-49)46-21-25-48(26-22-46)57(53-29-35(3)60(66)43(11)39(53)7)54-30-36(4)61(44(12)40(54)8)67-32-55(63)68-62(13,14)15;1-32-27-50(36(5)40(9)56(32)62)54(51-28-33(2)57(63)41(10)37(51)6)46-23-19-44(20-24-46)48-17-16-18-49(31-48)45-21-25-47(26-22-45)55(52-29-34(3)58(64)42(11)38(52)7)53-30-35(4)59(43(12)39(53)8)66-60(65)67-61(13,14)15/h16-31,56-57,64-66H,32H2,1-15H3;16-31,54-55,62-64H,1-15H3. The molecule has 12 nitrogen and oxygen atoms in total. The van der Waals surface area contributed by atoms with E-state index in [-0.39, 0.29) is 30.3 Å². The molecule has 0 radical (unpaired) electrons. The van der Waals surface area contributed by atoms with Crippen LogP contribution in [0.1, 0.15) is 265 Å². The van der Waals surface area contributed by atoms with Crippen LogP contribution < -0.4 is 9.47 Å². The number of phenols is 6. The highest BCUT2D eigenvalue weighted by Crippen LogP contribution is 2.50. The van der Waals surface area contributed by atoms with Gasteiger partial charge in [-0.1, -0.05) is 182 Å². The number of carbonyl (C=O) groups excluding carboxylic acids is 2. The SMILES string of the molecule is Cc1cc(C(c2ccc(-c3cccc(-c4ccc(C(c5cc(C)c(O)c(C)c5C)c5cc(C)c(OC(=O)OC(C)(C)C)c(C)c5C)cc4)c3)cc2)c2cc(C)c(O)c(C)c2C)c(C)c(C)c1O.Cc1cc(C(c2ccc(-c3cccc(-c4ccc(C(c5cc(C)c(O)c(C)c5C)c5cc(C)c(OCC(=O)OC(C)(C)C)c(C)c5C)cc4)c3)cc2)c2cc(C)c(O)c(C)c2C)c(C)c(C)c1O. The molecule has 0 aliphatic heterocycles. The Kier molecular flexibility index (Phi) is 28.7. The predicted molar refractivity (Wildman–Crippen MR) is 552 cm³/mol. The molecule has 135 heavy (non-hydrogen) atoms. The Morgan fingerprint density at radius 2 is 0.437 bits per heavy atom. The molecule has 0 spiro atoms. The van der Waals surface area contributed by atoms with Crippen molar-refractivity contribution in [3.8, 4) is 90.5 Å². The zero-order valence-electron chi connectivity index (χ0n) is 84.6. The van der Waals surface area contributed by atoms with Crippen molar-refractivity contribution >= 4 is 12.1 Å². The van der Waals surface area contributed by atoms with Gasteiger partial charge in [0, 0.05) is 23.7 Å². The van der Waals surface area contributed by atoms with Crippen molar-refractivity contribution in [3.63, 3.8) is 0 Å². The van der Waals surface area contributed by atoms with Crippen molar-refractivity contribution in [2.45, 2.75) is 243 Å². The third kappa shape index (κ3) is 20.2. The van der Waals surface area contributed by atoms with E-state index in [0.717, 1.165) is 245 Å². The second-order valence-electron chi connectivity index (χ2n) is 39.8. The lowest BCUT2D eigenvalue weighted by Crippen LogP contribution is -2.27. The molecule has 0 aliphatic carbocycles. The molecular weight excluding hydrogens is 1670 g/mol. The lowest BCUT2D eigenvalue weighted by molar-refractivity contribution is -0.157. The highest BCUT2D eigenvalue weighted by molar-refractivity contribution is 5.78. The highest BCUT2D eigenvalue weighted by atomic mass is 16.7. The van der Waals surface area contributed by atoms with Crippen LogP contribution in [0, 0.1) is 166 Å². The van der Waals surface area contributed by atoms with Gasteiger partial charge in [-0.2, -0.15) is 0 Å². The van der Waals surface area contributed by atoms with Crippen molar-refractivity contribution in [3.05, 3.63) is 394 Å². The van der Waals surface area contributed by atoms with Crippen LogP contribution in [0.25, 0.3) is 44.5 Å². The smallest absolute Gasteiger partial charge is 0.507 e. The van der Waals surface area contributed by atoms with Crippen LogP contribution in [-0.2, 0) is 14.3 Å². The summed E-state index contributed by atoms with van der Waals surface area (Å²) >= 11 is 0. The number of hydrogen-bond donors (Lipinski definition) is 6. The van der Waals surface area contributed by atoms with E-state index in [9.17, 15) is 40.2 Å². The first-order valence-electron chi connectivity index (χ1n) is 46.8. The Labute approximate surface area is 800 Å². The maximum Gasteiger partial charge on any atom is 0.514 e. The van der Waals surface area contributed by atoms with Gasteiger partial charge in [-0.15, -0.1) is 0 Å². The summed E-state index contributed by atoms with van der Waals surface area (Å²) in [4.78, 5) is 25.5. The molecular formula is C123H134O12. The summed E-state index contributed by atoms with van der Waals surface area (Å²) in [5, 5.41) is 65.5. The quantitative estimate of drug-likeness (QED) is 0.0241. The van der Waals surface area contributed by atoms with Gasteiger partial charge in [-0.3, -0.25) is 0 Å². The Morgan fingerprint density at radius 1 is 0.237 bits per heavy atom. The summed E-state index contributed by atoms with van der Waals surface area (Å²) in [6.07, 6.45) is -0.732. The lowest BCUT2D eigenvalue weighted by atomic mass is 9.78. The van der Waals surface area contributed by atoms with Gasteiger partial charge in [0.05, 0.1) is 0 Å². The third-order valence-corrected chi connectivity index (χ3v) is 28.6. The molecule has 12 heteroatoms. The number of ether oxygens (including phenoxy) is 4. The third-order valence-electron chi connectivity index (χ3n) is 28.6. The van der Waals surface area contributed by atoms with Gasteiger partial charge in [0.15, 0.2) is 6.61 Å². The van der Waals surface area contributed by atoms with Gasteiger partial charge >= 0.3 is 12.1 Å². The number of esters is 1. The molecule has 0 amide bonds. The minimum absolute atomic E-state index is 0.112. The molecule has 2 unspecified atom stereocenters. The number of rotatable bonds is 20. The van der Waals surface area contributed by atoms with E-state index in [4.69, 9.17) is 18.9 Å². The summed E-state index contributed by atoms with van der Waals surface area (Å²) in [7, 11) is 0. The van der Waals surface area contributed by atoms with Crippen LogP contribution in [0.3, 0.4) is 0 Å².